The molecule has 174 valence electrons. The van der Waals surface area contributed by atoms with E-state index in [-0.39, 0.29) is 16.3 Å². The van der Waals surface area contributed by atoms with Crippen LogP contribution in [0, 0.1) is 6.92 Å². The second-order valence-corrected chi connectivity index (χ2v) is 9.04. The van der Waals surface area contributed by atoms with Crippen molar-refractivity contribution < 1.29 is 31.1 Å². The van der Waals surface area contributed by atoms with Crippen LogP contribution in [0.1, 0.15) is 11.1 Å². The molecule has 0 atom stereocenters. The number of hydrogen-bond donors (Lipinski definition) is 2. The van der Waals surface area contributed by atoms with Gasteiger partial charge in [0.25, 0.3) is 15.9 Å². The van der Waals surface area contributed by atoms with E-state index in [2.05, 4.69) is 10.0 Å². The van der Waals surface area contributed by atoms with E-state index >= 15 is 0 Å². The van der Waals surface area contributed by atoms with Crippen molar-refractivity contribution in [2.75, 3.05) is 16.6 Å². The Kier molecular flexibility index (Phi) is 7.19. The predicted octanol–water partition coefficient (Wildman–Crippen LogP) is 5.49. The van der Waals surface area contributed by atoms with Gasteiger partial charge in [-0.15, -0.1) is 0 Å². The number of carbonyl (C=O) groups is 1. The number of alkyl halides is 3. The van der Waals surface area contributed by atoms with Crippen molar-refractivity contribution in [2.45, 2.75) is 18.0 Å². The minimum absolute atomic E-state index is 0.0271. The molecule has 3 rings (SSSR count). The van der Waals surface area contributed by atoms with E-state index in [0.29, 0.717) is 10.7 Å². The third-order valence-corrected chi connectivity index (χ3v) is 6.23. The van der Waals surface area contributed by atoms with Gasteiger partial charge < -0.3 is 10.1 Å². The number of anilines is 2. The normalized spacial score (nSPS) is 11.7. The Morgan fingerprint density at radius 3 is 2.15 bits per heavy atom. The van der Waals surface area contributed by atoms with Gasteiger partial charge in [-0.25, -0.2) is 8.42 Å². The standard InChI is InChI=1S/C22H18ClF3N2O4S/c1-14-2-5-17(12-20(14)23)28-33(30,31)19-10-8-18(9-11-19)32-13-21(29)27-16-6-3-15(4-7-16)22(24,25)26/h2-12,28H,13H2,1H3,(H,27,29). The minimum atomic E-state index is -4.46. The summed E-state index contributed by atoms with van der Waals surface area (Å²) in [7, 11) is -3.87. The molecule has 11 heteroatoms. The van der Waals surface area contributed by atoms with Crippen LogP contribution in [0.3, 0.4) is 0 Å². The maximum absolute atomic E-state index is 12.6. The van der Waals surface area contributed by atoms with Crippen LogP contribution in [0.4, 0.5) is 24.5 Å². The quantitative estimate of drug-likeness (QED) is 0.451. The van der Waals surface area contributed by atoms with Gasteiger partial charge in [-0.3, -0.25) is 9.52 Å². The maximum atomic E-state index is 12.6. The highest BCUT2D eigenvalue weighted by Crippen LogP contribution is 2.30. The average molecular weight is 499 g/mol. The lowest BCUT2D eigenvalue weighted by Crippen LogP contribution is -2.20. The van der Waals surface area contributed by atoms with E-state index in [9.17, 15) is 26.4 Å². The van der Waals surface area contributed by atoms with Crippen LogP contribution in [-0.2, 0) is 21.0 Å². The van der Waals surface area contributed by atoms with Gasteiger partial charge in [0.15, 0.2) is 6.61 Å². The molecule has 0 saturated heterocycles. The van der Waals surface area contributed by atoms with Crippen LogP contribution in [0.2, 0.25) is 5.02 Å². The Hall–Kier alpha value is -3.24. The lowest BCUT2D eigenvalue weighted by molar-refractivity contribution is -0.137. The van der Waals surface area contributed by atoms with Gasteiger partial charge in [0, 0.05) is 10.7 Å². The molecule has 1 amide bonds. The monoisotopic (exact) mass is 498 g/mol. The SMILES string of the molecule is Cc1ccc(NS(=O)(=O)c2ccc(OCC(=O)Nc3ccc(C(F)(F)F)cc3)cc2)cc1Cl. The maximum Gasteiger partial charge on any atom is 0.416 e. The summed E-state index contributed by atoms with van der Waals surface area (Å²) in [6.07, 6.45) is -4.46. The number of nitrogens with one attached hydrogen (secondary N) is 2. The van der Waals surface area contributed by atoms with Crippen molar-refractivity contribution in [2.24, 2.45) is 0 Å². The van der Waals surface area contributed by atoms with Gasteiger partial charge in [-0.1, -0.05) is 17.7 Å². The van der Waals surface area contributed by atoms with Crippen molar-refractivity contribution >= 4 is 38.9 Å². The number of ether oxygens (including phenoxy) is 1. The molecule has 0 spiro atoms. The van der Waals surface area contributed by atoms with E-state index in [0.717, 1.165) is 29.8 Å². The summed E-state index contributed by atoms with van der Waals surface area (Å²) in [4.78, 5) is 11.9. The molecule has 0 unspecified atom stereocenters. The van der Waals surface area contributed by atoms with E-state index in [1.807, 2.05) is 0 Å². The molecule has 33 heavy (non-hydrogen) atoms. The smallest absolute Gasteiger partial charge is 0.416 e. The number of rotatable bonds is 7. The van der Waals surface area contributed by atoms with Gasteiger partial charge >= 0.3 is 6.18 Å². The zero-order valence-corrected chi connectivity index (χ0v) is 18.7. The fourth-order valence-electron chi connectivity index (χ4n) is 2.67. The van der Waals surface area contributed by atoms with Crippen LogP contribution in [0.15, 0.2) is 71.6 Å². The third-order valence-electron chi connectivity index (χ3n) is 4.42. The molecule has 0 radical (unpaired) electrons. The van der Waals surface area contributed by atoms with Crippen LogP contribution in [-0.4, -0.2) is 20.9 Å². The van der Waals surface area contributed by atoms with Crippen LogP contribution in [0.5, 0.6) is 5.75 Å². The van der Waals surface area contributed by atoms with E-state index < -0.39 is 34.3 Å². The van der Waals surface area contributed by atoms with Gasteiger partial charge in [0.05, 0.1) is 16.1 Å². The number of carbonyl (C=O) groups excluding carboxylic acids is 1. The molecule has 0 heterocycles. The van der Waals surface area contributed by atoms with Crippen LogP contribution < -0.4 is 14.8 Å². The Morgan fingerprint density at radius 1 is 0.970 bits per heavy atom. The second kappa shape index (κ2) is 9.72. The zero-order chi connectivity index (χ0) is 24.2. The van der Waals surface area contributed by atoms with Crippen molar-refractivity contribution in [3.05, 3.63) is 82.9 Å². The first-order valence-corrected chi connectivity index (χ1v) is 11.3. The Bertz CT molecular complexity index is 1250. The van der Waals surface area contributed by atoms with Crippen molar-refractivity contribution in [1.29, 1.82) is 0 Å². The molecule has 3 aromatic carbocycles. The highest BCUT2D eigenvalue weighted by atomic mass is 35.5. The van der Waals surface area contributed by atoms with E-state index in [1.165, 1.54) is 30.3 Å². The Morgan fingerprint density at radius 2 is 1.58 bits per heavy atom. The van der Waals surface area contributed by atoms with Crippen molar-refractivity contribution in [1.82, 2.24) is 0 Å². The highest BCUT2D eigenvalue weighted by Gasteiger charge is 2.30. The number of hydrogen-bond acceptors (Lipinski definition) is 4. The summed E-state index contributed by atoms with van der Waals surface area (Å²) < 4.78 is 70.5. The lowest BCUT2D eigenvalue weighted by Gasteiger charge is -2.11. The first-order valence-electron chi connectivity index (χ1n) is 9.43. The molecule has 0 fully saturated rings. The summed E-state index contributed by atoms with van der Waals surface area (Å²) >= 11 is 6.02. The summed E-state index contributed by atoms with van der Waals surface area (Å²) in [6.45, 7) is 1.37. The molecule has 2 N–H and O–H groups in total. The number of sulfonamides is 1. The van der Waals surface area contributed by atoms with Gasteiger partial charge in [-0.05, 0) is 73.2 Å². The highest BCUT2D eigenvalue weighted by molar-refractivity contribution is 7.92. The molecular formula is C22H18ClF3N2O4S. The zero-order valence-electron chi connectivity index (χ0n) is 17.1. The molecule has 3 aromatic rings. The molecule has 6 nitrogen and oxygen atoms in total. The molecule has 0 aliphatic carbocycles. The number of halogens is 4. The summed E-state index contributed by atoms with van der Waals surface area (Å²) in [5, 5.41) is 2.84. The fraction of sp³-hybridized carbons (Fsp3) is 0.136. The lowest BCUT2D eigenvalue weighted by atomic mass is 10.2. The molecule has 0 saturated carbocycles. The Labute approximate surface area is 193 Å². The van der Waals surface area contributed by atoms with Crippen molar-refractivity contribution in [3.63, 3.8) is 0 Å². The Balaban J connectivity index is 1.56. The largest absolute Gasteiger partial charge is 0.484 e. The number of benzene rings is 3. The first-order chi connectivity index (χ1) is 15.4. The third kappa shape index (κ3) is 6.62. The van der Waals surface area contributed by atoms with E-state index in [1.54, 1.807) is 19.1 Å². The van der Waals surface area contributed by atoms with Gasteiger partial charge in [0.2, 0.25) is 0 Å². The molecule has 0 bridgehead atoms. The van der Waals surface area contributed by atoms with E-state index in [4.69, 9.17) is 16.3 Å². The summed E-state index contributed by atoms with van der Waals surface area (Å²) in [5.74, 6) is -0.362. The van der Waals surface area contributed by atoms with Crippen LogP contribution in [0.25, 0.3) is 0 Å². The molecule has 0 aliphatic heterocycles. The second-order valence-electron chi connectivity index (χ2n) is 6.95. The molecule has 0 aromatic heterocycles. The molecule has 0 aliphatic rings. The number of aryl methyl sites for hydroxylation is 1. The molecular weight excluding hydrogens is 481 g/mol. The van der Waals surface area contributed by atoms with Crippen LogP contribution >= 0.6 is 11.6 Å². The number of amides is 1. The average Bonchev–Trinajstić information content (AvgIpc) is 2.75. The fourth-order valence-corrected chi connectivity index (χ4v) is 3.90. The minimum Gasteiger partial charge on any atom is -0.484 e. The van der Waals surface area contributed by atoms with Gasteiger partial charge in [-0.2, -0.15) is 13.2 Å². The summed E-state index contributed by atoms with van der Waals surface area (Å²) in [6, 6.07) is 14.1. The topological polar surface area (TPSA) is 84.5 Å². The predicted molar refractivity (Wildman–Crippen MR) is 119 cm³/mol. The van der Waals surface area contributed by atoms with Gasteiger partial charge in [0.1, 0.15) is 5.75 Å². The van der Waals surface area contributed by atoms with Crippen molar-refractivity contribution in [3.8, 4) is 5.75 Å². The first kappa shape index (κ1) is 24.4. The summed E-state index contributed by atoms with van der Waals surface area (Å²) in [5.41, 5.74) is 0.474.